The minimum atomic E-state index is -2.82. The normalized spacial score (nSPS) is 10.9. The van der Waals surface area contributed by atoms with Crippen molar-refractivity contribution in [3.63, 3.8) is 0 Å². The second kappa shape index (κ2) is 5.22. The van der Waals surface area contributed by atoms with Crippen LogP contribution in [0.1, 0.15) is 28.2 Å². The van der Waals surface area contributed by atoms with Gasteiger partial charge in [0.15, 0.2) is 12.0 Å². The molecule has 0 unspecified atom stereocenters. The van der Waals surface area contributed by atoms with E-state index in [1.807, 2.05) is 0 Å². The van der Waals surface area contributed by atoms with E-state index in [2.05, 4.69) is 10.3 Å². The zero-order valence-electron chi connectivity index (χ0n) is 9.05. The fourth-order valence-corrected chi connectivity index (χ4v) is 1.74. The standard InChI is InChI=1S/C11H8ClF2N3O/c12-8-4-2-1-3-7(8)5-17-10(11(13)14)9(6-18)15-16-17/h1-4,6,11H,5H2. The lowest BCUT2D eigenvalue weighted by atomic mass is 10.2. The largest absolute Gasteiger partial charge is 0.296 e. The molecule has 4 nitrogen and oxygen atoms in total. The summed E-state index contributed by atoms with van der Waals surface area (Å²) in [5, 5.41) is 7.39. The molecule has 0 saturated heterocycles. The van der Waals surface area contributed by atoms with Crippen LogP contribution in [-0.2, 0) is 6.54 Å². The number of halogens is 3. The fraction of sp³-hybridized carbons (Fsp3) is 0.182. The van der Waals surface area contributed by atoms with E-state index in [9.17, 15) is 13.6 Å². The van der Waals surface area contributed by atoms with Gasteiger partial charge in [0.1, 0.15) is 5.69 Å². The summed E-state index contributed by atoms with van der Waals surface area (Å²) in [6, 6.07) is 6.81. The molecular formula is C11H8ClF2N3O. The van der Waals surface area contributed by atoms with Gasteiger partial charge in [0.05, 0.1) is 6.54 Å². The van der Waals surface area contributed by atoms with Crippen LogP contribution >= 0.6 is 11.6 Å². The lowest BCUT2D eigenvalue weighted by Crippen LogP contribution is -2.08. The Morgan fingerprint density at radius 1 is 1.39 bits per heavy atom. The Morgan fingerprint density at radius 2 is 2.11 bits per heavy atom. The van der Waals surface area contributed by atoms with Crippen molar-refractivity contribution in [3.8, 4) is 0 Å². The van der Waals surface area contributed by atoms with Crippen LogP contribution < -0.4 is 0 Å². The summed E-state index contributed by atoms with van der Waals surface area (Å²) in [4.78, 5) is 10.6. The first kappa shape index (κ1) is 12.6. The zero-order valence-corrected chi connectivity index (χ0v) is 9.81. The van der Waals surface area contributed by atoms with Crippen molar-refractivity contribution in [2.75, 3.05) is 0 Å². The SMILES string of the molecule is O=Cc1nnn(Cc2ccccc2Cl)c1C(F)F. The number of aldehydes is 1. The molecule has 18 heavy (non-hydrogen) atoms. The minimum absolute atomic E-state index is 0.0419. The van der Waals surface area contributed by atoms with Gasteiger partial charge in [0.25, 0.3) is 6.43 Å². The van der Waals surface area contributed by atoms with Crippen molar-refractivity contribution in [3.05, 3.63) is 46.2 Å². The van der Waals surface area contributed by atoms with Crippen molar-refractivity contribution in [1.29, 1.82) is 0 Å². The fourth-order valence-electron chi connectivity index (χ4n) is 1.55. The topological polar surface area (TPSA) is 47.8 Å². The Labute approximate surface area is 106 Å². The Bertz CT molecular complexity index is 571. The number of hydrogen-bond acceptors (Lipinski definition) is 3. The smallest absolute Gasteiger partial charge is 0.282 e. The second-order valence-electron chi connectivity index (χ2n) is 3.53. The number of hydrogen-bond donors (Lipinski definition) is 0. The minimum Gasteiger partial charge on any atom is -0.296 e. The lowest BCUT2D eigenvalue weighted by molar-refractivity contribution is 0.109. The monoisotopic (exact) mass is 271 g/mol. The van der Waals surface area contributed by atoms with Gasteiger partial charge in [-0.3, -0.25) is 4.79 Å². The highest BCUT2D eigenvalue weighted by molar-refractivity contribution is 6.31. The summed E-state index contributed by atoms with van der Waals surface area (Å²) in [5.41, 5.74) is -0.217. The molecule has 0 spiro atoms. The van der Waals surface area contributed by atoms with Gasteiger partial charge in [-0.15, -0.1) is 5.10 Å². The maximum atomic E-state index is 12.8. The van der Waals surface area contributed by atoms with Crippen LogP contribution in [0.5, 0.6) is 0 Å². The number of alkyl halides is 2. The highest BCUT2D eigenvalue weighted by Crippen LogP contribution is 2.23. The summed E-state index contributed by atoms with van der Waals surface area (Å²) in [7, 11) is 0. The maximum Gasteiger partial charge on any atom is 0.282 e. The van der Waals surface area contributed by atoms with Gasteiger partial charge in [-0.25, -0.2) is 13.5 Å². The molecule has 0 N–H and O–H groups in total. The van der Waals surface area contributed by atoms with E-state index >= 15 is 0 Å². The molecule has 94 valence electrons. The van der Waals surface area contributed by atoms with Gasteiger partial charge < -0.3 is 0 Å². The molecule has 0 aliphatic carbocycles. The number of carbonyl (C=O) groups excluding carboxylic acids is 1. The summed E-state index contributed by atoms with van der Waals surface area (Å²) in [6.45, 7) is 0.0419. The lowest BCUT2D eigenvalue weighted by Gasteiger charge is -2.07. The number of benzene rings is 1. The predicted molar refractivity (Wildman–Crippen MR) is 60.9 cm³/mol. The first-order chi connectivity index (χ1) is 8.63. The van der Waals surface area contributed by atoms with Crippen molar-refractivity contribution in [2.24, 2.45) is 0 Å². The molecule has 0 fully saturated rings. The average molecular weight is 272 g/mol. The maximum absolute atomic E-state index is 12.8. The van der Waals surface area contributed by atoms with Crippen molar-refractivity contribution < 1.29 is 13.6 Å². The molecule has 0 atom stereocenters. The third-order valence-corrected chi connectivity index (χ3v) is 2.77. The Kier molecular flexibility index (Phi) is 3.66. The van der Waals surface area contributed by atoms with E-state index < -0.39 is 12.1 Å². The predicted octanol–water partition coefficient (Wildman–Crippen LogP) is 2.73. The quantitative estimate of drug-likeness (QED) is 0.804. The van der Waals surface area contributed by atoms with E-state index in [1.54, 1.807) is 24.3 Å². The number of rotatable bonds is 4. The van der Waals surface area contributed by atoms with Crippen LogP contribution in [0.3, 0.4) is 0 Å². The van der Waals surface area contributed by atoms with Crippen molar-refractivity contribution in [1.82, 2.24) is 15.0 Å². The number of carbonyl (C=O) groups is 1. The van der Waals surface area contributed by atoms with E-state index in [1.165, 1.54) is 0 Å². The van der Waals surface area contributed by atoms with Crippen LogP contribution in [-0.4, -0.2) is 21.3 Å². The highest BCUT2D eigenvalue weighted by Gasteiger charge is 2.21. The van der Waals surface area contributed by atoms with Gasteiger partial charge in [-0.1, -0.05) is 35.0 Å². The van der Waals surface area contributed by atoms with E-state index in [-0.39, 0.29) is 18.5 Å². The Morgan fingerprint density at radius 3 is 2.72 bits per heavy atom. The van der Waals surface area contributed by atoms with Gasteiger partial charge in [0, 0.05) is 5.02 Å². The first-order valence-electron chi connectivity index (χ1n) is 5.03. The molecule has 1 aromatic heterocycles. The van der Waals surface area contributed by atoms with E-state index in [0.717, 1.165) is 4.68 Å². The Hall–Kier alpha value is -1.82. The second-order valence-corrected chi connectivity index (χ2v) is 3.93. The van der Waals surface area contributed by atoms with Gasteiger partial charge in [-0.2, -0.15) is 0 Å². The molecule has 1 heterocycles. The molecule has 0 bridgehead atoms. The van der Waals surface area contributed by atoms with Crippen LogP contribution in [0.25, 0.3) is 0 Å². The van der Waals surface area contributed by atoms with E-state index in [0.29, 0.717) is 10.6 Å². The summed E-state index contributed by atoms with van der Waals surface area (Å²) >= 11 is 5.93. The van der Waals surface area contributed by atoms with Crippen LogP contribution in [0.4, 0.5) is 8.78 Å². The molecule has 1 aromatic carbocycles. The van der Waals surface area contributed by atoms with Gasteiger partial charge >= 0.3 is 0 Å². The number of aromatic nitrogens is 3. The van der Waals surface area contributed by atoms with Crippen LogP contribution in [0.15, 0.2) is 24.3 Å². The number of nitrogens with zero attached hydrogens (tertiary/aromatic N) is 3. The van der Waals surface area contributed by atoms with Crippen LogP contribution in [0.2, 0.25) is 5.02 Å². The van der Waals surface area contributed by atoms with Crippen molar-refractivity contribution >= 4 is 17.9 Å². The summed E-state index contributed by atoms with van der Waals surface area (Å²) in [6.07, 6.45) is -2.56. The molecular weight excluding hydrogens is 264 g/mol. The molecule has 7 heteroatoms. The third kappa shape index (κ3) is 2.38. The molecule has 2 rings (SSSR count). The van der Waals surface area contributed by atoms with Crippen molar-refractivity contribution in [2.45, 2.75) is 13.0 Å². The zero-order chi connectivity index (χ0) is 13.1. The molecule has 0 aliphatic heterocycles. The van der Waals surface area contributed by atoms with Gasteiger partial charge in [-0.05, 0) is 11.6 Å². The van der Waals surface area contributed by atoms with Gasteiger partial charge in [0.2, 0.25) is 0 Å². The summed E-state index contributed by atoms with van der Waals surface area (Å²) in [5.74, 6) is 0. The average Bonchev–Trinajstić information content (AvgIpc) is 2.75. The molecule has 0 aliphatic rings. The van der Waals surface area contributed by atoms with Crippen LogP contribution in [0, 0.1) is 0 Å². The summed E-state index contributed by atoms with van der Waals surface area (Å²) < 4.78 is 26.6. The molecule has 0 radical (unpaired) electrons. The molecule has 2 aromatic rings. The molecule has 0 saturated carbocycles. The first-order valence-corrected chi connectivity index (χ1v) is 5.41. The Balaban J connectivity index is 2.38. The highest BCUT2D eigenvalue weighted by atomic mass is 35.5. The molecule has 0 amide bonds. The third-order valence-electron chi connectivity index (χ3n) is 2.40. The van der Waals surface area contributed by atoms with E-state index in [4.69, 9.17) is 11.6 Å².